The largest absolute Gasteiger partial charge is 0.459 e. The molecule has 5 N–H and O–H groups in total. The molecule has 340 valence electrons. The number of carbonyl (C=O) groups is 1. The quantitative estimate of drug-likeness (QED) is 0.142. The van der Waals surface area contributed by atoms with Crippen molar-refractivity contribution in [2.45, 2.75) is 191 Å². The van der Waals surface area contributed by atoms with Crippen molar-refractivity contribution in [3.63, 3.8) is 0 Å². The minimum absolute atomic E-state index is 0.137. The fourth-order valence-electron chi connectivity index (χ4n) is 10.0. The highest BCUT2D eigenvalue weighted by molar-refractivity contribution is 5.73. The molecule has 16 heteroatoms. The molecular formula is C42H78N2O14. The zero-order valence-electron chi connectivity index (χ0n) is 37.6. The van der Waals surface area contributed by atoms with Gasteiger partial charge in [-0.2, -0.15) is 0 Å². The molecule has 0 unspecified atom stereocenters. The predicted octanol–water partition coefficient (Wildman–Crippen LogP) is 2.20. The van der Waals surface area contributed by atoms with E-state index >= 15 is 0 Å². The molecule has 20 atom stereocenters. The van der Waals surface area contributed by atoms with Crippen LogP contribution in [0.5, 0.6) is 0 Å². The monoisotopic (exact) mass is 835 g/mol. The lowest BCUT2D eigenvalue weighted by atomic mass is 9.71. The normalized spacial score (nSPS) is 48.7. The van der Waals surface area contributed by atoms with Gasteiger partial charge in [0.15, 0.2) is 12.6 Å². The summed E-state index contributed by atoms with van der Waals surface area (Å²) in [4.78, 5) is 16.4. The van der Waals surface area contributed by atoms with Crippen LogP contribution in [0.15, 0.2) is 0 Å². The van der Waals surface area contributed by atoms with Crippen LogP contribution < -0.4 is 5.32 Å². The number of fused-ring (bicyclic) bond motifs is 2. The summed E-state index contributed by atoms with van der Waals surface area (Å²) in [7, 11) is 6.90. The molecule has 0 saturated carbocycles. The Kier molecular flexibility index (Phi) is 17.4. The molecule has 4 saturated heterocycles. The van der Waals surface area contributed by atoms with Gasteiger partial charge in [-0.25, -0.2) is 0 Å². The second kappa shape index (κ2) is 20.4. The van der Waals surface area contributed by atoms with E-state index in [2.05, 4.69) is 5.32 Å². The zero-order chi connectivity index (χ0) is 43.5. The summed E-state index contributed by atoms with van der Waals surface area (Å²) < 4.78 is 55.7. The van der Waals surface area contributed by atoms with Gasteiger partial charge in [-0.05, 0) is 80.8 Å². The molecule has 0 aromatic heterocycles. The summed E-state index contributed by atoms with van der Waals surface area (Å²) in [5.74, 6) is -2.95. The molecule has 0 radical (unpaired) electrons. The van der Waals surface area contributed by atoms with E-state index in [1.54, 1.807) is 41.7 Å². The first-order chi connectivity index (χ1) is 27.0. The van der Waals surface area contributed by atoms with Gasteiger partial charge in [0.25, 0.3) is 0 Å². The van der Waals surface area contributed by atoms with E-state index in [4.69, 9.17) is 42.6 Å². The van der Waals surface area contributed by atoms with Crippen LogP contribution in [0.25, 0.3) is 0 Å². The Labute approximate surface area is 346 Å². The number of methoxy groups -OCH3 is 2. The third kappa shape index (κ3) is 11.1. The van der Waals surface area contributed by atoms with Crippen LogP contribution in [-0.4, -0.2) is 176 Å². The van der Waals surface area contributed by atoms with Gasteiger partial charge >= 0.3 is 5.97 Å². The van der Waals surface area contributed by atoms with Crippen LogP contribution in [0, 0.1) is 23.7 Å². The first-order valence-electron chi connectivity index (χ1n) is 21.4. The van der Waals surface area contributed by atoms with E-state index in [1.165, 1.54) is 7.11 Å². The minimum Gasteiger partial charge on any atom is -0.459 e. The van der Waals surface area contributed by atoms with E-state index < -0.39 is 96.1 Å². The van der Waals surface area contributed by atoms with E-state index in [9.17, 15) is 25.2 Å². The van der Waals surface area contributed by atoms with Gasteiger partial charge in [0.1, 0.15) is 30.1 Å². The molecule has 0 spiro atoms. The number of likely N-dealkylation sites (N-methyl/N-ethyl adjacent to an activating group) is 1. The van der Waals surface area contributed by atoms with Crippen molar-refractivity contribution in [1.29, 1.82) is 0 Å². The van der Waals surface area contributed by atoms with E-state index in [0.29, 0.717) is 19.6 Å². The SMILES string of the molecule is CC[C@@H]1OC(=O)[C@H](C)[C@H](O[C@@H]2C[C@](C)(OC)[C@H](O)[C@H](C)O2)[C@H](C)[C@H](O[C@@H]2O[C@H](C)C[C@H](N(C)C)[C@@H]2O)[C@](C)(O)C[C@H](C)[C@H]2N[C@H](COCCOC)O[C@@H]([C@H]2C)[C@]1(C)O. The standard InChI is InChI=1S/C42H78N2O14/c1-15-29-42(10,49)37-24(4)32(43-30(56-37)21-52-17-16-50-13)22(2)19-40(8,48)36(58-39-33(45)28(44(11)12)18-23(3)53-39)25(5)34(26(6)38(47)55-29)57-31-20-41(9,51-14)35(46)27(7)54-31/h22-37,39,43,45-46,48-49H,15-21H2,1-14H3/t22-,23+,24-,25-,26+,27-,28-,29-,30-,31+,32+,33-,34+,35+,36-,37-,39-,40+,41-,42+/m0/s1. The molecule has 4 heterocycles. The summed E-state index contributed by atoms with van der Waals surface area (Å²) in [6, 6.07) is -0.593. The third-order valence-corrected chi connectivity index (χ3v) is 13.5. The predicted molar refractivity (Wildman–Crippen MR) is 214 cm³/mol. The number of nitrogens with zero attached hydrogens (tertiary/aromatic N) is 1. The van der Waals surface area contributed by atoms with Crippen molar-refractivity contribution in [2.24, 2.45) is 23.7 Å². The number of nitrogens with one attached hydrogen (secondary N) is 1. The molecule has 16 nitrogen and oxygen atoms in total. The molecule has 4 rings (SSSR count). The molecule has 2 bridgehead atoms. The number of cyclic esters (lactones) is 1. The van der Waals surface area contributed by atoms with Crippen molar-refractivity contribution in [3.8, 4) is 0 Å². The highest BCUT2D eigenvalue weighted by Crippen LogP contribution is 2.43. The number of rotatable bonds is 12. The van der Waals surface area contributed by atoms with Crippen LogP contribution in [-0.2, 0) is 47.4 Å². The lowest BCUT2D eigenvalue weighted by Crippen LogP contribution is -2.67. The Morgan fingerprint density at radius 3 is 2.19 bits per heavy atom. The van der Waals surface area contributed by atoms with Crippen molar-refractivity contribution in [3.05, 3.63) is 0 Å². The first-order valence-corrected chi connectivity index (χ1v) is 21.4. The van der Waals surface area contributed by atoms with Crippen LogP contribution in [0.3, 0.4) is 0 Å². The van der Waals surface area contributed by atoms with Gasteiger partial charge in [-0.3, -0.25) is 10.1 Å². The third-order valence-electron chi connectivity index (χ3n) is 13.5. The Balaban J connectivity index is 1.83. The van der Waals surface area contributed by atoms with Crippen molar-refractivity contribution in [1.82, 2.24) is 10.2 Å². The maximum Gasteiger partial charge on any atom is 0.311 e. The number of aliphatic hydroxyl groups is 4. The van der Waals surface area contributed by atoms with Crippen molar-refractivity contribution in [2.75, 3.05) is 48.1 Å². The van der Waals surface area contributed by atoms with Crippen LogP contribution in [0.1, 0.15) is 94.9 Å². The maximum absolute atomic E-state index is 14.5. The average Bonchev–Trinajstić information content (AvgIpc) is 3.15. The molecule has 0 aromatic carbocycles. The molecule has 4 aliphatic heterocycles. The second-order valence-corrected chi connectivity index (χ2v) is 18.6. The van der Waals surface area contributed by atoms with E-state index in [1.807, 2.05) is 53.6 Å². The fraction of sp³-hybridized carbons (Fsp3) is 0.976. The van der Waals surface area contributed by atoms with E-state index in [0.717, 1.165) is 0 Å². The molecule has 4 fully saturated rings. The molecule has 0 aromatic rings. The summed E-state index contributed by atoms with van der Waals surface area (Å²) in [6.45, 7) is 19.1. The molecule has 4 aliphatic rings. The molecular weight excluding hydrogens is 756 g/mol. The van der Waals surface area contributed by atoms with Crippen molar-refractivity contribution < 1.29 is 67.9 Å². The Morgan fingerprint density at radius 1 is 0.914 bits per heavy atom. The number of ether oxygens (including phenoxy) is 9. The van der Waals surface area contributed by atoms with Gasteiger partial charge in [-0.1, -0.05) is 27.7 Å². The number of hydrogen-bond donors (Lipinski definition) is 5. The highest BCUT2D eigenvalue weighted by Gasteiger charge is 2.55. The number of hydrogen-bond acceptors (Lipinski definition) is 16. The van der Waals surface area contributed by atoms with Gasteiger partial charge in [0.2, 0.25) is 0 Å². The maximum atomic E-state index is 14.5. The Morgan fingerprint density at radius 2 is 1.59 bits per heavy atom. The topological polar surface area (TPSA) is 196 Å². The van der Waals surface area contributed by atoms with Crippen LogP contribution in [0.4, 0.5) is 0 Å². The molecule has 0 amide bonds. The zero-order valence-corrected chi connectivity index (χ0v) is 37.6. The summed E-state index contributed by atoms with van der Waals surface area (Å²) in [6.07, 6.45) is -8.29. The smallest absolute Gasteiger partial charge is 0.311 e. The summed E-state index contributed by atoms with van der Waals surface area (Å²) >= 11 is 0. The summed E-state index contributed by atoms with van der Waals surface area (Å²) in [5.41, 5.74) is -4.27. The number of esters is 1. The van der Waals surface area contributed by atoms with Crippen LogP contribution in [0.2, 0.25) is 0 Å². The average molecular weight is 835 g/mol. The summed E-state index contributed by atoms with van der Waals surface area (Å²) in [5, 5.41) is 51.5. The first kappa shape index (κ1) is 49.6. The number of aliphatic hydroxyl groups excluding tert-OH is 2. The lowest BCUT2D eigenvalue weighted by Gasteiger charge is -2.52. The van der Waals surface area contributed by atoms with Gasteiger partial charge in [0.05, 0.1) is 67.5 Å². The molecule has 58 heavy (non-hydrogen) atoms. The number of carbonyl (C=O) groups excluding carboxylic acids is 1. The second-order valence-electron chi connectivity index (χ2n) is 18.6. The van der Waals surface area contributed by atoms with Gasteiger partial charge in [-0.15, -0.1) is 0 Å². The fourth-order valence-corrected chi connectivity index (χ4v) is 10.0. The Bertz CT molecular complexity index is 1290. The Hall–Kier alpha value is -1.09. The highest BCUT2D eigenvalue weighted by atomic mass is 16.7. The van der Waals surface area contributed by atoms with Gasteiger partial charge < -0.3 is 68.0 Å². The minimum atomic E-state index is -1.64. The van der Waals surface area contributed by atoms with E-state index in [-0.39, 0.29) is 55.9 Å². The van der Waals surface area contributed by atoms with Crippen LogP contribution >= 0.6 is 0 Å². The lowest BCUT2D eigenvalue weighted by molar-refractivity contribution is -0.318. The van der Waals surface area contributed by atoms with Gasteiger partial charge in [0, 0.05) is 44.6 Å². The van der Waals surface area contributed by atoms with Crippen molar-refractivity contribution >= 4 is 5.97 Å². The molecule has 0 aliphatic carbocycles.